The van der Waals surface area contributed by atoms with Crippen molar-refractivity contribution in [3.63, 3.8) is 0 Å². The summed E-state index contributed by atoms with van der Waals surface area (Å²) < 4.78 is 2.04. The summed E-state index contributed by atoms with van der Waals surface area (Å²) in [4.78, 5) is 4.33. The number of hydrogen-bond acceptors (Lipinski definition) is 1. The Bertz CT molecular complexity index is 582. The Morgan fingerprint density at radius 1 is 1.00 bits per heavy atom. The van der Waals surface area contributed by atoms with Crippen LogP contribution in [-0.2, 0) is 0 Å². The first-order valence-corrected chi connectivity index (χ1v) is 4.84. The number of fused-ring (bicyclic) bond motifs is 1. The lowest BCUT2D eigenvalue weighted by Crippen LogP contribution is -1.90. The molecular weight excluding hydrogens is 184 g/mol. The highest BCUT2D eigenvalue weighted by atomic mass is 15.0. The molecule has 2 nitrogen and oxygen atoms in total. The molecule has 0 amide bonds. The van der Waals surface area contributed by atoms with Crippen molar-refractivity contribution in [3.8, 4) is 5.69 Å². The molecule has 0 saturated heterocycles. The van der Waals surface area contributed by atoms with Gasteiger partial charge in [0.25, 0.3) is 0 Å². The van der Waals surface area contributed by atoms with Crippen LogP contribution in [0.4, 0.5) is 0 Å². The summed E-state index contributed by atoms with van der Waals surface area (Å²) in [7, 11) is 0. The van der Waals surface area contributed by atoms with Crippen LogP contribution in [0, 0.1) is 6.07 Å². The van der Waals surface area contributed by atoms with Crippen molar-refractivity contribution in [3.05, 3.63) is 60.9 Å². The fourth-order valence-electron chi connectivity index (χ4n) is 1.68. The van der Waals surface area contributed by atoms with E-state index in [1.807, 2.05) is 47.3 Å². The maximum absolute atomic E-state index is 4.33. The van der Waals surface area contributed by atoms with E-state index in [1.165, 1.54) is 0 Å². The van der Waals surface area contributed by atoms with Crippen LogP contribution < -0.4 is 0 Å². The van der Waals surface area contributed by atoms with E-state index in [1.54, 1.807) is 0 Å². The van der Waals surface area contributed by atoms with E-state index >= 15 is 0 Å². The number of nitrogens with zero attached hydrogens (tertiary/aromatic N) is 2. The van der Waals surface area contributed by atoms with Gasteiger partial charge in [0, 0.05) is 11.8 Å². The SMILES string of the molecule is [c]1cccc2ncn(-c3ccccc3)c12. The topological polar surface area (TPSA) is 17.8 Å². The number of rotatable bonds is 1. The molecule has 3 aromatic rings. The van der Waals surface area contributed by atoms with Crippen LogP contribution in [0.1, 0.15) is 0 Å². The monoisotopic (exact) mass is 193 g/mol. The first-order valence-electron chi connectivity index (χ1n) is 4.84. The van der Waals surface area contributed by atoms with Crippen LogP contribution in [0.3, 0.4) is 0 Å². The molecule has 1 radical (unpaired) electrons. The molecule has 0 fully saturated rings. The lowest BCUT2D eigenvalue weighted by molar-refractivity contribution is 1.09. The number of hydrogen-bond donors (Lipinski definition) is 0. The highest BCUT2D eigenvalue weighted by Crippen LogP contribution is 2.16. The van der Waals surface area contributed by atoms with Crippen LogP contribution in [0.5, 0.6) is 0 Å². The summed E-state index contributed by atoms with van der Waals surface area (Å²) in [5, 5.41) is 0. The van der Waals surface area contributed by atoms with Gasteiger partial charge in [0.15, 0.2) is 0 Å². The Morgan fingerprint density at radius 3 is 2.73 bits per heavy atom. The predicted octanol–water partition coefficient (Wildman–Crippen LogP) is 2.83. The number of benzene rings is 2. The Hall–Kier alpha value is -2.09. The fourth-order valence-corrected chi connectivity index (χ4v) is 1.68. The largest absolute Gasteiger partial charge is 0.298 e. The third kappa shape index (κ3) is 1.31. The zero-order chi connectivity index (χ0) is 10.1. The maximum atomic E-state index is 4.33. The second-order valence-electron chi connectivity index (χ2n) is 3.35. The molecule has 0 N–H and O–H groups in total. The minimum absolute atomic E-state index is 0.973. The molecule has 2 aromatic carbocycles. The van der Waals surface area contributed by atoms with Crippen molar-refractivity contribution >= 4 is 11.0 Å². The van der Waals surface area contributed by atoms with Gasteiger partial charge in [0.1, 0.15) is 6.33 Å². The number of imidazole rings is 1. The highest BCUT2D eigenvalue weighted by molar-refractivity contribution is 5.76. The van der Waals surface area contributed by atoms with Gasteiger partial charge in [0.05, 0.1) is 11.0 Å². The van der Waals surface area contributed by atoms with Crippen LogP contribution in [0.2, 0.25) is 0 Å². The van der Waals surface area contributed by atoms with E-state index in [2.05, 4.69) is 23.2 Å². The molecule has 1 heterocycles. The summed E-state index contributed by atoms with van der Waals surface area (Å²) in [6.07, 6.45) is 1.83. The van der Waals surface area contributed by atoms with Crippen molar-refractivity contribution in [2.45, 2.75) is 0 Å². The molecule has 71 valence electrons. The standard InChI is InChI=1S/C13H9N2/c1-2-6-11(7-3-1)15-10-14-12-8-4-5-9-13(12)15/h1-8,10H. The summed E-state index contributed by atoms with van der Waals surface area (Å²) in [5.41, 5.74) is 3.10. The molecule has 0 aliphatic carbocycles. The Balaban J connectivity index is 2.28. The van der Waals surface area contributed by atoms with Gasteiger partial charge in [-0.25, -0.2) is 4.98 Å². The average Bonchev–Trinajstić information content (AvgIpc) is 2.74. The van der Waals surface area contributed by atoms with Gasteiger partial charge in [-0.05, 0) is 18.2 Å². The van der Waals surface area contributed by atoms with E-state index in [0.717, 1.165) is 16.7 Å². The summed E-state index contributed by atoms with van der Waals surface area (Å²) in [6, 6.07) is 19.2. The van der Waals surface area contributed by atoms with Gasteiger partial charge in [-0.3, -0.25) is 4.57 Å². The van der Waals surface area contributed by atoms with E-state index in [4.69, 9.17) is 0 Å². The molecule has 0 bridgehead atoms. The second-order valence-corrected chi connectivity index (χ2v) is 3.35. The third-order valence-electron chi connectivity index (χ3n) is 2.40. The Labute approximate surface area is 87.8 Å². The summed E-state index contributed by atoms with van der Waals surface area (Å²) >= 11 is 0. The van der Waals surface area contributed by atoms with Crippen LogP contribution in [0.15, 0.2) is 54.9 Å². The lowest BCUT2D eigenvalue weighted by atomic mass is 10.3. The van der Waals surface area contributed by atoms with E-state index < -0.39 is 0 Å². The Morgan fingerprint density at radius 2 is 1.87 bits per heavy atom. The average molecular weight is 193 g/mol. The lowest BCUT2D eigenvalue weighted by Gasteiger charge is -2.02. The molecule has 2 heteroatoms. The van der Waals surface area contributed by atoms with E-state index in [9.17, 15) is 0 Å². The van der Waals surface area contributed by atoms with Crippen molar-refractivity contribution < 1.29 is 0 Å². The van der Waals surface area contributed by atoms with Gasteiger partial charge in [-0.15, -0.1) is 0 Å². The second kappa shape index (κ2) is 3.24. The van der Waals surface area contributed by atoms with Crippen LogP contribution in [0.25, 0.3) is 16.7 Å². The van der Waals surface area contributed by atoms with Gasteiger partial charge in [-0.2, -0.15) is 0 Å². The molecule has 0 aliphatic heterocycles. The summed E-state index contributed by atoms with van der Waals surface area (Å²) in [5.74, 6) is 0. The zero-order valence-electron chi connectivity index (χ0n) is 8.09. The molecule has 1 aromatic heterocycles. The molecule has 0 spiro atoms. The summed E-state index contributed by atoms with van der Waals surface area (Å²) in [6.45, 7) is 0. The van der Waals surface area contributed by atoms with Gasteiger partial charge < -0.3 is 0 Å². The van der Waals surface area contributed by atoms with Gasteiger partial charge in [-0.1, -0.05) is 30.3 Å². The van der Waals surface area contributed by atoms with Gasteiger partial charge in [0.2, 0.25) is 0 Å². The van der Waals surface area contributed by atoms with E-state index in [0.29, 0.717) is 0 Å². The predicted molar refractivity (Wildman–Crippen MR) is 59.9 cm³/mol. The van der Waals surface area contributed by atoms with Crippen molar-refractivity contribution in [2.24, 2.45) is 0 Å². The highest BCUT2D eigenvalue weighted by Gasteiger charge is 2.02. The first-order chi connectivity index (χ1) is 7.45. The minimum atomic E-state index is 0.973. The Kier molecular flexibility index (Phi) is 1.78. The maximum Gasteiger partial charge on any atom is 0.100 e. The van der Waals surface area contributed by atoms with E-state index in [-0.39, 0.29) is 0 Å². The number of aromatic nitrogens is 2. The molecule has 0 unspecified atom stereocenters. The fraction of sp³-hybridized carbons (Fsp3) is 0. The van der Waals surface area contributed by atoms with Crippen molar-refractivity contribution in [1.82, 2.24) is 9.55 Å². The normalized spacial score (nSPS) is 10.7. The molecule has 15 heavy (non-hydrogen) atoms. The number of para-hydroxylation sites is 2. The third-order valence-corrected chi connectivity index (χ3v) is 2.40. The van der Waals surface area contributed by atoms with Crippen LogP contribution in [-0.4, -0.2) is 9.55 Å². The van der Waals surface area contributed by atoms with Crippen molar-refractivity contribution in [2.75, 3.05) is 0 Å². The smallest absolute Gasteiger partial charge is 0.100 e. The molecular formula is C13H9N2. The zero-order valence-corrected chi connectivity index (χ0v) is 8.09. The first kappa shape index (κ1) is 8.24. The molecule has 3 rings (SSSR count). The van der Waals surface area contributed by atoms with Crippen LogP contribution >= 0.6 is 0 Å². The minimum Gasteiger partial charge on any atom is -0.298 e. The quantitative estimate of drug-likeness (QED) is 0.581. The molecule has 0 atom stereocenters. The van der Waals surface area contributed by atoms with Crippen molar-refractivity contribution in [1.29, 1.82) is 0 Å². The molecule has 0 saturated carbocycles. The van der Waals surface area contributed by atoms with Gasteiger partial charge >= 0.3 is 0 Å². The molecule has 0 aliphatic rings.